The van der Waals surface area contributed by atoms with E-state index < -0.39 is 0 Å². The molecule has 2 aromatic heterocycles. The van der Waals surface area contributed by atoms with Gasteiger partial charge < -0.3 is 16.0 Å². The van der Waals surface area contributed by atoms with Crippen LogP contribution in [0.2, 0.25) is 0 Å². The van der Waals surface area contributed by atoms with Gasteiger partial charge in [0.25, 0.3) is 0 Å². The Morgan fingerprint density at radius 1 is 1.29 bits per heavy atom. The minimum Gasteiger partial charge on any atom is -0.374 e. The van der Waals surface area contributed by atoms with Crippen LogP contribution >= 0.6 is 11.3 Å². The van der Waals surface area contributed by atoms with Crippen LogP contribution in [0.25, 0.3) is 4.96 Å². The highest BCUT2D eigenvalue weighted by molar-refractivity contribution is 7.20. The largest absolute Gasteiger partial charge is 0.374 e. The van der Waals surface area contributed by atoms with Gasteiger partial charge in [-0.05, 0) is 0 Å². The average molecular weight is 253 g/mol. The zero-order chi connectivity index (χ0) is 11.7. The second-order valence-corrected chi connectivity index (χ2v) is 5.08. The number of nitrogens with one attached hydrogen (secondary N) is 1. The lowest BCUT2D eigenvalue weighted by atomic mass is 10.3. The lowest BCUT2D eigenvalue weighted by Gasteiger charge is -2.26. The van der Waals surface area contributed by atoms with Gasteiger partial charge in [-0.1, -0.05) is 11.3 Å². The summed E-state index contributed by atoms with van der Waals surface area (Å²) in [6, 6.07) is 0. The van der Waals surface area contributed by atoms with Crippen molar-refractivity contribution in [3.63, 3.8) is 0 Å². The van der Waals surface area contributed by atoms with Gasteiger partial charge >= 0.3 is 0 Å². The number of hydrogen-bond acceptors (Lipinski definition) is 7. The number of piperazine rings is 1. The summed E-state index contributed by atoms with van der Waals surface area (Å²) >= 11 is 1.37. The summed E-state index contributed by atoms with van der Waals surface area (Å²) in [6.45, 7) is 5.33. The first-order valence-corrected chi connectivity index (χ1v) is 6.54. The van der Waals surface area contributed by atoms with Crippen LogP contribution in [-0.2, 0) is 6.42 Å². The lowest BCUT2D eigenvalue weighted by molar-refractivity contribution is 0.242. The van der Waals surface area contributed by atoms with E-state index >= 15 is 0 Å². The van der Waals surface area contributed by atoms with Crippen LogP contribution in [0.3, 0.4) is 0 Å². The molecule has 0 unspecified atom stereocenters. The van der Waals surface area contributed by atoms with Crippen molar-refractivity contribution in [1.82, 2.24) is 30.0 Å². The lowest BCUT2D eigenvalue weighted by Crippen LogP contribution is -2.44. The van der Waals surface area contributed by atoms with Crippen molar-refractivity contribution >= 4 is 21.4 Å². The molecule has 7 nitrogen and oxygen atoms in total. The molecule has 8 heteroatoms. The van der Waals surface area contributed by atoms with Gasteiger partial charge in [0.1, 0.15) is 0 Å². The van der Waals surface area contributed by atoms with E-state index in [0.29, 0.717) is 5.13 Å². The number of rotatable bonds is 3. The summed E-state index contributed by atoms with van der Waals surface area (Å²) in [5, 5.41) is 16.3. The number of nitrogen functional groups attached to an aromatic ring is 1. The molecule has 0 bridgehead atoms. The minimum absolute atomic E-state index is 0.540. The first-order valence-electron chi connectivity index (χ1n) is 5.72. The number of nitrogens with zero attached hydrogens (tertiary/aromatic N) is 5. The smallest absolute Gasteiger partial charge is 0.236 e. The molecule has 0 spiro atoms. The second-order valence-electron chi connectivity index (χ2n) is 4.09. The first-order chi connectivity index (χ1) is 8.33. The Morgan fingerprint density at radius 3 is 2.94 bits per heavy atom. The molecule has 3 N–H and O–H groups in total. The molecule has 2 aromatic rings. The summed E-state index contributed by atoms with van der Waals surface area (Å²) in [4.78, 5) is 3.20. The molecule has 1 aliphatic heterocycles. The van der Waals surface area contributed by atoms with Crippen LogP contribution in [0.15, 0.2) is 0 Å². The van der Waals surface area contributed by atoms with Crippen molar-refractivity contribution in [2.75, 3.05) is 38.5 Å². The fourth-order valence-electron chi connectivity index (χ4n) is 2.02. The first kappa shape index (κ1) is 10.9. The van der Waals surface area contributed by atoms with Gasteiger partial charge in [-0.25, -0.2) is 0 Å². The Balaban J connectivity index is 1.67. The van der Waals surface area contributed by atoms with Crippen molar-refractivity contribution in [1.29, 1.82) is 0 Å². The molecule has 0 aromatic carbocycles. The maximum Gasteiger partial charge on any atom is 0.236 e. The third kappa shape index (κ3) is 2.24. The molecular weight excluding hydrogens is 238 g/mol. The van der Waals surface area contributed by atoms with E-state index in [-0.39, 0.29) is 0 Å². The fraction of sp³-hybridized carbons (Fsp3) is 0.667. The van der Waals surface area contributed by atoms with Gasteiger partial charge in [0, 0.05) is 39.1 Å². The van der Waals surface area contributed by atoms with E-state index in [9.17, 15) is 0 Å². The quantitative estimate of drug-likeness (QED) is 0.746. The van der Waals surface area contributed by atoms with E-state index in [1.54, 1.807) is 4.52 Å². The van der Waals surface area contributed by atoms with Crippen LogP contribution in [-0.4, -0.2) is 57.4 Å². The molecule has 1 aliphatic rings. The topological polar surface area (TPSA) is 84.4 Å². The Hall–Kier alpha value is -1.25. The third-order valence-electron chi connectivity index (χ3n) is 2.93. The fourth-order valence-corrected chi connectivity index (χ4v) is 2.64. The van der Waals surface area contributed by atoms with Gasteiger partial charge in [-0.3, -0.25) is 0 Å². The van der Waals surface area contributed by atoms with E-state index in [0.717, 1.165) is 49.9 Å². The highest BCUT2D eigenvalue weighted by Gasteiger charge is 2.13. The van der Waals surface area contributed by atoms with Gasteiger partial charge in [-0.15, -0.1) is 15.3 Å². The zero-order valence-electron chi connectivity index (χ0n) is 9.46. The van der Waals surface area contributed by atoms with Gasteiger partial charge in [0.05, 0.1) is 0 Å². The third-order valence-corrected chi connectivity index (χ3v) is 3.66. The number of fused-ring (bicyclic) bond motifs is 1. The predicted octanol–water partition coefficient (Wildman–Crippen LogP) is -0.784. The zero-order valence-corrected chi connectivity index (χ0v) is 10.3. The molecular formula is C9H15N7S. The predicted molar refractivity (Wildman–Crippen MR) is 66.1 cm³/mol. The van der Waals surface area contributed by atoms with Crippen LogP contribution in [0, 0.1) is 0 Å². The number of hydrogen-bond donors (Lipinski definition) is 2. The molecule has 1 fully saturated rings. The summed E-state index contributed by atoms with van der Waals surface area (Å²) in [5.41, 5.74) is 5.64. The average Bonchev–Trinajstić information content (AvgIpc) is 2.87. The summed E-state index contributed by atoms with van der Waals surface area (Å²) in [5.74, 6) is 0.895. The highest BCUT2D eigenvalue weighted by atomic mass is 32.1. The van der Waals surface area contributed by atoms with Crippen LogP contribution in [0.5, 0.6) is 0 Å². The van der Waals surface area contributed by atoms with Crippen LogP contribution < -0.4 is 11.1 Å². The molecule has 0 atom stereocenters. The van der Waals surface area contributed by atoms with E-state index in [1.807, 2.05) is 0 Å². The molecule has 0 radical (unpaired) electrons. The molecule has 0 saturated carbocycles. The molecule has 3 heterocycles. The normalized spacial score (nSPS) is 17.9. The molecule has 17 heavy (non-hydrogen) atoms. The number of nitrogens with two attached hydrogens (primary N) is 1. The van der Waals surface area contributed by atoms with E-state index in [1.165, 1.54) is 11.3 Å². The molecule has 3 rings (SSSR count). The SMILES string of the molecule is Nc1nn2c(CCN3CCNCC3)nnc2s1. The Bertz CT molecular complexity index is 498. The standard InChI is InChI=1S/C9H15N7S/c10-8-14-16-7(12-13-9(16)17-8)1-4-15-5-2-11-3-6-15/h11H,1-6H2,(H2,10,14). The van der Waals surface area contributed by atoms with Gasteiger partial charge in [0.15, 0.2) is 5.82 Å². The van der Waals surface area contributed by atoms with Crippen molar-refractivity contribution in [3.8, 4) is 0 Å². The maximum atomic E-state index is 5.64. The van der Waals surface area contributed by atoms with E-state index in [4.69, 9.17) is 5.73 Å². The number of anilines is 1. The van der Waals surface area contributed by atoms with E-state index in [2.05, 4.69) is 25.5 Å². The molecule has 92 valence electrons. The van der Waals surface area contributed by atoms with Crippen molar-refractivity contribution in [2.45, 2.75) is 6.42 Å². The summed E-state index contributed by atoms with van der Waals surface area (Å²) < 4.78 is 1.75. The second kappa shape index (κ2) is 4.55. The Labute approximate surface area is 103 Å². The Kier molecular flexibility index (Phi) is 2.91. The number of aromatic nitrogens is 4. The van der Waals surface area contributed by atoms with Gasteiger partial charge in [0.2, 0.25) is 10.1 Å². The summed E-state index contributed by atoms with van der Waals surface area (Å²) in [7, 11) is 0. The van der Waals surface area contributed by atoms with Crippen molar-refractivity contribution < 1.29 is 0 Å². The van der Waals surface area contributed by atoms with Gasteiger partial charge in [-0.2, -0.15) is 4.52 Å². The van der Waals surface area contributed by atoms with Crippen LogP contribution in [0.4, 0.5) is 5.13 Å². The van der Waals surface area contributed by atoms with Crippen molar-refractivity contribution in [3.05, 3.63) is 5.82 Å². The van der Waals surface area contributed by atoms with Crippen molar-refractivity contribution in [2.24, 2.45) is 0 Å². The minimum atomic E-state index is 0.540. The van der Waals surface area contributed by atoms with Crippen LogP contribution in [0.1, 0.15) is 5.82 Å². The monoisotopic (exact) mass is 253 g/mol. The molecule has 1 saturated heterocycles. The summed E-state index contributed by atoms with van der Waals surface area (Å²) in [6.07, 6.45) is 0.865. The Morgan fingerprint density at radius 2 is 2.12 bits per heavy atom. The maximum absolute atomic E-state index is 5.64. The molecule has 0 aliphatic carbocycles. The highest BCUT2D eigenvalue weighted by Crippen LogP contribution is 2.15. The molecule has 0 amide bonds.